The van der Waals surface area contributed by atoms with E-state index in [0.29, 0.717) is 11.4 Å². The van der Waals surface area contributed by atoms with Gasteiger partial charge in [0.2, 0.25) is 5.91 Å². The van der Waals surface area contributed by atoms with Crippen LogP contribution in [-0.4, -0.2) is 39.9 Å². The van der Waals surface area contributed by atoms with Gasteiger partial charge in [0.25, 0.3) is 0 Å². The van der Waals surface area contributed by atoms with Crippen molar-refractivity contribution in [2.75, 3.05) is 19.3 Å². The molecule has 114 valence electrons. The molecule has 1 aliphatic rings. The predicted octanol–water partition coefficient (Wildman–Crippen LogP) is 3.00. The first kappa shape index (κ1) is 16.8. The Morgan fingerprint density at radius 2 is 2.14 bits per heavy atom. The summed E-state index contributed by atoms with van der Waals surface area (Å²) >= 11 is 10.3. The highest BCUT2D eigenvalue weighted by Crippen LogP contribution is 2.35. The van der Waals surface area contributed by atoms with Gasteiger partial charge in [0.05, 0.1) is 16.2 Å². The summed E-state index contributed by atoms with van der Waals surface area (Å²) in [5.74, 6) is 0.172. The van der Waals surface area contributed by atoms with Gasteiger partial charge in [-0.25, -0.2) is 0 Å². The number of hydrogen-bond acceptors (Lipinski definition) is 3. The third kappa shape index (κ3) is 3.99. The zero-order valence-electron chi connectivity index (χ0n) is 12.0. The van der Waals surface area contributed by atoms with Crippen LogP contribution >= 0.6 is 39.9 Å². The smallest absolute Gasteiger partial charge is 0.226 e. The number of halogens is 1. The van der Waals surface area contributed by atoms with Crippen molar-refractivity contribution in [1.29, 1.82) is 0 Å². The second-order valence-corrected chi connectivity index (χ2v) is 7.80. The maximum atomic E-state index is 12.4. The maximum absolute atomic E-state index is 12.4. The number of likely N-dealkylation sites (tertiary alicyclic amines) is 1. The number of carbonyl (C=O) groups is 1. The predicted molar refractivity (Wildman–Crippen MR) is 96.7 cm³/mol. The molecule has 6 heteroatoms. The number of thiocarbonyl (C=S) groups is 1. The minimum Gasteiger partial charge on any atom is -0.392 e. The van der Waals surface area contributed by atoms with Crippen LogP contribution in [0.2, 0.25) is 0 Å². The van der Waals surface area contributed by atoms with Crippen LogP contribution < -0.4 is 5.73 Å². The molecule has 21 heavy (non-hydrogen) atoms. The fourth-order valence-corrected chi connectivity index (χ4v) is 4.29. The standard InChI is InChI=1S/C15H19BrN2OS2/c1-21-15(14(17)20)5-7-18(8-6-15)13(19)10-11-3-2-4-12(16)9-11/h2-4,9H,5-8,10H2,1H3,(H2,17,20). The molecule has 2 rings (SSSR count). The van der Waals surface area contributed by atoms with Crippen molar-refractivity contribution >= 4 is 50.8 Å². The van der Waals surface area contributed by atoms with E-state index in [2.05, 4.69) is 15.9 Å². The molecule has 1 fully saturated rings. The lowest BCUT2D eigenvalue weighted by molar-refractivity contribution is -0.131. The van der Waals surface area contributed by atoms with Gasteiger partial charge in [-0.05, 0) is 36.8 Å². The Morgan fingerprint density at radius 3 is 2.67 bits per heavy atom. The fraction of sp³-hybridized carbons (Fsp3) is 0.467. The molecule has 2 N–H and O–H groups in total. The normalized spacial score (nSPS) is 17.5. The number of amides is 1. The van der Waals surface area contributed by atoms with Crippen LogP contribution in [0.1, 0.15) is 18.4 Å². The lowest BCUT2D eigenvalue weighted by atomic mass is 9.95. The molecule has 0 radical (unpaired) electrons. The Kier molecular flexibility index (Phi) is 5.68. The Hall–Kier alpha value is -0.590. The van der Waals surface area contributed by atoms with Crippen molar-refractivity contribution in [1.82, 2.24) is 4.90 Å². The molecule has 0 unspecified atom stereocenters. The Labute approximate surface area is 143 Å². The number of nitrogens with two attached hydrogens (primary N) is 1. The zero-order chi connectivity index (χ0) is 15.5. The molecule has 3 nitrogen and oxygen atoms in total. The number of thioether (sulfide) groups is 1. The average Bonchev–Trinajstić information content (AvgIpc) is 2.47. The van der Waals surface area contributed by atoms with Crippen LogP contribution in [0.25, 0.3) is 0 Å². The molecular formula is C15H19BrN2OS2. The quantitative estimate of drug-likeness (QED) is 0.807. The van der Waals surface area contributed by atoms with Crippen molar-refractivity contribution in [3.05, 3.63) is 34.3 Å². The third-order valence-electron chi connectivity index (χ3n) is 4.01. The van der Waals surface area contributed by atoms with Crippen LogP contribution in [0.15, 0.2) is 28.7 Å². The highest BCUT2D eigenvalue weighted by molar-refractivity contribution is 9.10. The van der Waals surface area contributed by atoms with Gasteiger partial charge in [-0.2, -0.15) is 11.8 Å². The highest BCUT2D eigenvalue weighted by Gasteiger charge is 2.37. The molecule has 0 saturated carbocycles. The summed E-state index contributed by atoms with van der Waals surface area (Å²) in [7, 11) is 0. The SMILES string of the molecule is CSC1(C(N)=S)CCN(C(=O)Cc2cccc(Br)c2)CC1. The summed E-state index contributed by atoms with van der Waals surface area (Å²) in [5.41, 5.74) is 6.91. The van der Waals surface area contributed by atoms with E-state index in [1.165, 1.54) is 0 Å². The molecule has 1 amide bonds. The Balaban J connectivity index is 1.96. The van der Waals surface area contributed by atoms with Gasteiger partial charge >= 0.3 is 0 Å². The summed E-state index contributed by atoms with van der Waals surface area (Å²) in [6, 6.07) is 7.88. The van der Waals surface area contributed by atoms with E-state index in [-0.39, 0.29) is 10.7 Å². The molecule has 0 aromatic heterocycles. The van der Waals surface area contributed by atoms with Crippen molar-refractivity contribution in [2.24, 2.45) is 5.73 Å². The summed E-state index contributed by atoms with van der Waals surface area (Å²) in [6.45, 7) is 1.45. The van der Waals surface area contributed by atoms with Crippen LogP contribution in [0.4, 0.5) is 0 Å². The van der Waals surface area contributed by atoms with E-state index in [1.54, 1.807) is 11.8 Å². The Morgan fingerprint density at radius 1 is 1.48 bits per heavy atom. The second-order valence-electron chi connectivity index (χ2n) is 5.25. The van der Waals surface area contributed by atoms with E-state index >= 15 is 0 Å². The van der Waals surface area contributed by atoms with Crippen molar-refractivity contribution < 1.29 is 4.79 Å². The molecule has 1 heterocycles. The molecule has 0 atom stereocenters. The van der Waals surface area contributed by atoms with Gasteiger partial charge in [0.1, 0.15) is 0 Å². The van der Waals surface area contributed by atoms with E-state index < -0.39 is 0 Å². The first-order chi connectivity index (χ1) is 9.97. The van der Waals surface area contributed by atoms with Crippen LogP contribution in [-0.2, 0) is 11.2 Å². The van der Waals surface area contributed by atoms with E-state index in [1.807, 2.05) is 35.4 Å². The second kappa shape index (κ2) is 7.11. The van der Waals surface area contributed by atoms with Crippen LogP contribution in [0, 0.1) is 0 Å². The number of carbonyl (C=O) groups excluding carboxylic acids is 1. The monoisotopic (exact) mass is 386 g/mol. The average molecular weight is 387 g/mol. The van der Waals surface area contributed by atoms with E-state index in [0.717, 1.165) is 36.0 Å². The van der Waals surface area contributed by atoms with E-state index in [4.69, 9.17) is 18.0 Å². The number of nitrogens with zero attached hydrogens (tertiary/aromatic N) is 1. The molecule has 1 aromatic carbocycles. The number of rotatable bonds is 4. The molecule has 0 bridgehead atoms. The van der Waals surface area contributed by atoms with Gasteiger partial charge in [-0.15, -0.1) is 0 Å². The lowest BCUT2D eigenvalue weighted by Gasteiger charge is -2.40. The summed E-state index contributed by atoms with van der Waals surface area (Å²) in [6.07, 6.45) is 4.17. The first-order valence-corrected chi connectivity index (χ1v) is 9.27. The fourth-order valence-electron chi connectivity index (χ4n) is 2.60. The minimum atomic E-state index is -0.137. The van der Waals surface area contributed by atoms with Gasteiger partial charge in [-0.3, -0.25) is 4.79 Å². The first-order valence-electron chi connectivity index (χ1n) is 6.84. The molecular weight excluding hydrogens is 368 g/mol. The van der Waals surface area contributed by atoms with Crippen LogP contribution in [0.5, 0.6) is 0 Å². The molecule has 1 aromatic rings. The van der Waals surface area contributed by atoms with Crippen molar-refractivity contribution in [3.63, 3.8) is 0 Å². The van der Waals surface area contributed by atoms with Crippen molar-refractivity contribution in [2.45, 2.75) is 24.0 Å². The van der Waals surface area contributed by atoms with Crippen LogP contribution in [0.3, 0.4) is 0 Å². The zero-order valence-corrected chi connectivity index (χ0v) is 15.2. The summed E-state index contributed by atoms with van der Waals surface area (Å²) < 4.78 is 0.864. The van der Waals surface area contributed by atoms with Gasteiger partial charge in [-0.1, -0.05) is 40.3 Å². The highest BCUT2D eigenvalue weighted by atomic mass is 79.9. The van der Waals surface area contributed by atoms with Crippen molar-refractivity contribution in [3.8, 4) is 0 Å². The number of benzene rings is 1. The molecule has 0 spiro atoms. The van der Waals surface area contributed by atoms with Gasteiger partial charge in [0, 0.05) is 17.6 Å². The minimum absolute atomic E-state index is 0.137. The maximum Gasteiger partial charge on any atom is 0.226 e. The largest absolute Gasteiger partial charge is 0.392 e. The van der Waals surface area contributed by atoms with Gasteiger partial charge in [0.15, 0.2) is 0 Å². The lowest BCUT2D eigenvalue weighted by Crippen LogP contribution is -2.51. The van der Waals surface area contributed by atoms with Gasteiger partial charge < -0.3 is 10.6 Å². The number of hydrogen-bond donors (Lipinski definition) is 1. The molecule has 1 saturated heterocycles. The molecule has 1 aliphatic heterocycles. The molecule has 0 aliphatic carbocycles. The van der Waals surface area contributed by atoms with E-state index in [9.17, 15) is 4.79 Å². The number of piperidine rings is 1. The third-order valence-corrected chi connectivity index (χ3v) is 6.43. The topological polar surface area (TPSA) is 46.3 Å². The summed E-state index contributed by atoms with van der Waals surface area (Å²) in [5, 5.41) is 0. The Bertz CT molecular complexity index is 542. The summed E-state index contributed by atoms with van der Waals surface area (Å²) in [4.78, 5) is 14.9.